The first-order chi connectivity index (χ1) is 11.0. The van der Waals surface area contributed by atoms with Crippen LogP contribution >= 0.6 is 0 Å². The standard InChI is InChI=1S/C17H20N2O4/c1-18-10-13(12-9-11(16(20)21)5-6-14(12)18)15(17(22)23)19-7-3-2-4-8-19/h5-6,9-10,15H,2-4,7-8H2,1H3,(H,20,21)(H,22,23)/t15-/m0/s1. The minimum Gasteiger partial charge on any atom is -0.480 e. The van der Waals surface area contributed by atoms with Crippen LogP contribution in [-0.2, 0) is 11.8 Å². The lowest BCUT2D eigenvalue weighted by molar-refractivity contribution is -0.144. The van der Waals surface area contributed by atoms with Crippen LogP contribution in [0.1, 0.15) is 41.2 Å². The highest BCUT2D eigenvalue weighted by Gasteiger charge is 2.31. The molecule has 1 aromatic carbocycles. The highest BCUT2D eigenvalue weighted by Crippen LogP contribution is 2.32. The van der Waals surface area contributed by atoms with Gasteiger partial charge in [0.1, 0.15) is 6.04 Å². The van der Waals surface area contributed by atoms with Gasteiger partial charge >= 0.3 is 11.9 Å². The number of carboxylic acid groups (broad SMARTS) is 2. The number of benzene rings is 1. The molecule has 6 heteroatoms. The van der Waals surface area contributed by atoms with Gasteiger partial charge in [-0.15, -0.1) is 0 Å². The summed E-state index contributed by atoms with van der Waals surface area (Å²) < 4.78 is 1.86. The highest BCUT2D eigenvalue weighted by atomic mass is 16.4. The molecular formula is C17H20N2O4. The largest absolute Gasteiger partial charge is 0.480 e. The summed E-state index contributed by atoms with van der Waals surface area (Å²) in [5.74, 6) is -1.90. The van der Waals surface area contributed by atoms with Crippen LogP contribution in [0.15, 0.2) is 24.4 Å². The highest BCUT2D eigenvalue weighted by molar-refractivity contribution is 5.96. The average Bonchev–Trinajstić information content (AvgIpc) is 2.84. The summed E-state index contributed by atoms with van der Waals surface area (Å²) in [6, 6.07) is 4.12. The first-order valence-electron chi connectivity index (χ1n) is 7.78. The van der Waals surface area contributed by atoms with Crippen molar-refractivity contribution in [2.75, 3.05) is 13.1 Å². The molecule has 3 rings (SSSR count). The average molecular weight is 316 g/mol. The molecule has 0 bridgehead atoms. The summed E-state index contributed by atoms with van der Waals surface area (Å²) in [4.78, 5) is 25.1. The van der Waals surface area contributed by atoms with E-state index in [0.29, 0.717) is 10.9 Å². The quantitative estimate of drug-likeness (QED) is 0.905. The van der Waals surface area contributed by atoms with Crippen LogP contribution in [-0.4, -0.2) is 44.7 Å². The molecule has 23 heavy (non-hydrogen) atoms. The number of hydrogen-bond donors (Lipinski definition) is 2. The normalized spacial score (nSPS) is 17.3. The number of carbonyl (C=O) groups is 2. The van der Waals surface area contributed by atoms with Crippen LogP contribution in [0.5, 0.6) is 0 Å². The van der Waals surface area contributed by atoms with Crippen LogP contribution in [0.2, 0.25) is 0 Å². The van der Waals surface area contributed by atoms with Gasteiger partial charge in [-0.05, 0) is 44.1 Å². The van der Waals surface area contributed by atoms with Crippen molar-refractivity contribution in [3.63, 3.8) is 0 Å². The van der Waals surface area contributed by atoms with Crippen molar-refractivity contribution < 1.29 is 19.8 Å². The number of aryl methyl sites for hydroxylation is 1. The van der Waals surface area contributed by atoms with Gasteiger partial charge in [0.2, 0.25) is 0 Å². The molecule has 1 atom stereocenters. The lowest BCUT2D eigenvalue weighted by atomic mass is 10.00. The van der Waals surface area contributed by atoms with Crippen molar-refractivity contribution in [1.82, 2.24) is 9.47 Å². The maximum absolute atomic E-state index is 11.9. The number of aliphatic carboxylic acids is 1. The van der Waals surface area contributed by atoms with E-state index in [1.807, 2.05) is 22.7 Å². The number of aromatic carboxylic acids is 1. The second-order valence-corrected chi connectivity index (χ2v) is 6.07. The topological polar surface area (TPSA) is 82.8 Å². The number of piperidine rings is 1. The van der Waals surface area contributed by atoms with Gasteiger partial charge in [0.25, 0.3) is 0 Å². The molecule has 0 spiro atoms. The molecule has 1 aromatic heterocycles. The molecule has 1 fully saturated rings. The van der Waals surface area contributed by atoms with Gasteiger partial charge in [0.05, 0.1) is 5.56 Å². The van der Waals surface area contributed by atoms with E-state index in [1.54, 1.807) is 18.2 Å². The Bertz CT molecular complexity index is 759. The molecule has 0 radical (unpaired) electrons. The summed E-state index contributed by atoms with van der Waals surface area (Å²) in [5, 5.41) is 19.7. The maximum atomic E-state index is 11.9. The van der Waals surface area contributed by atoms with E-state index in [1.165, 1.54) is 0 Å². The third kappa shape index (κ3) is 2.82. The maximum Gasteiger partial charge on any atom is 0.335 e. The number of likely N-dealkylation sites (tertiary alicyclic amines) is 1. The smallest absolute Gasteiger partial charge is 0.335 e. The van der Waals surface area contributed by atoms with Crippen LogP contribution in [0.3, 0.4) is 0 Å². The number of carboxylic acids is 2. The summed E-state index contributed by atoms with van der Waals surface area (Å²) in [6.07, 6.45) is 4.93. The lowest BCUT2D eigenvalue weighted by Gasteiger charge is -2.31. The Morgan fingerprint density at radius 1 is 1.13 bits per heavy atom. The molecule has 0 saturated carbocycles. The minimum atomic E-state index is -1.01. The zero-order valence-corrected chi connectivity index (χ0v) is 13.0. The summed E-state index contributed by atoms with van der Waals surface area (Å²) >= 11 is 0. The van der Waals surface area contributed by atoms with Gasteiger partial charge in [-0.3, -0.25) is 9.69 Å². The molecule has 2 N–H and O–H groups in total. The van der Waals surface area contributed by atoms with Crippen LogP contribution < -0.4 is 0 Å². The molecule has 122 valence electrons. The molecule has 2 aromatic rings. The van der Waals surface area contributed by atoms with Crippen LogP contribution in [0.25, 0.3) is 10.9 Å². The fourth-order valence-electron chi connectivity index (χ4n) is 3.44. The molecule has 6 nitrogen and oxygen atoms in total. The number of nitrogens with zero attached hydrogens (tertiary/aromatic N) is 2. The number of fused-ring (bicyclic) bond motifs is 1. The summed E-state index contributed by atoms with van der Waals surface area (Å²) in [6.45, 7) is 1.51. The van der Waals surface area contributed by atoms with Crippen molar-refractivity contribution in [3.05, 3.63) is 35.5 Å². The molecule has 0 unspecified atom stereocenters. The molecular weight excluding hydrogens is 296 g/mol. The fraction of sp³-hybridized carbons (Fsp3) is 0.412. The van der Waals surface area contributed by atoms with Crippen molar-refractivity contribution in [2.45, 2.75) is 25.3 Å². The molecule has 0 aliphatic carbocycles. The van der Waals surface area contributed by atoms with E-state index < -0.39 is 18.0 Å². The Labute approximate surface area is 133 Å². The van der Waals surface area contributed by atoms with E-state index in [2.05, 4.69) is 0 Å². The van der Waals surface area contributed by atoms with Gasteiger partial charge < -0.3 is 14.8 Å². The van der Waals surface area contributed by atoms with E-state index in [-0.39, 0.29) is 5.56 Å². The number of hydrogen-bond acceptors (Lipinski definition) is 3. The monoisotopic (exact) mass is 316 g/mol. The van der Waals surface area contributed by atoms with Crippen LogP contribution in [0, 0.1) is 0 Å². The van der Waals surface area contributed by atoms with Gasteiger partial charge in [-0.1, -0.05) is 6.42 Å². The van der Waals surface area contributed by atoms with Crippen molar-refractivity contribution >= 4 is 22.8 Å². The lowest BCUT2D eigenvalue weighted by Crippen LogP contribution is -2.37. The zero-order valence-electron chi connectivity index (χ0n) is 13.0. The van der Waals surface area contributed by atoms with Crippen LogP contribution in [0.4, 0.5) is 0 Å². The predicted octanol–water partition coefficient (Wildman–Crippen LogP) is 2.49. The van der Waals surface area contributed by atoms with Gasteiger partial charge in [-0.2, -0.15) is 0 Å². The van der Waals surface area contributed by atoms with Gasteiger partial charge in [0.15, 0.2) is 0 Å². The number of aromatic nitrogens is 1. The first-order valence-corrected chi connectivity index (χ1v) is 7.78. The van der Waals surface area contributed by atoms with E-state index in [0.717, 1.165) is 37.9 Å². The zero-order chi connectivity index (χ0) is 16.6. The first kappa shape index (κ1) is 15.6. The molecule has 0 amide bonds. The molecule has 1 aliphatic rings. The Morgan fingerprint density at radius 2 is 1.83 bits per heavy atom. The minimum absolute atomic E-state index is 0.174. The Balaban J connectivity index is 2.13. The Hall–Kier alpha value is -2.34. The van der Waals surface area contributed by atoms with Crippen molar-refractivity contribution in [1.29, 1.82) is 0 Å². The van der Waals surface area contributed by atoms with E-state index in [9.17, 15) is 19.8 Å². The van der Waals surface area contributed by atoms with Gasteiger partial charge in [-0.25, -0.2) is 4.79 Å². The van der Waals surface area contributed by atoms with Gasteiger partial charge in [0, 0.05) is 29.7 Å². The molecule has 1 aliphatic heterocycles. The molecule has 2 heterocycles. The fourth-order valence-corrected chi connectivity index (χ4v) is 3.44. The second-order valence-electron chi connectivity index (χ2n) is 6.07. The molecule has 1 saturated heterocycles. The Morgan fingerprint density at radius 3 is 2.43 bits per heavy atom. The Kier molecular flexibility index (Phi) is 4.09. The summed E-state index contributed by atoms with van der Waals surface area (Å²) in [5.41, 5.74) is 1.68. The van der Waals surface area contributed by atoms with Crippen molar-refractivity contribution in [3.8, 4) is 0 Å². The summed E-state index contributed by atoms with van der Waals surface area (Å²) in [7, 11) is 1.85. The third-order valence-corrected chi connectivity index (χ3v) is 4.55. The van der Waals surface area contributed by atoms with E-state index in [4.69, 9.17) is 0 Å². The second kappa shape index (κ2) is 6.04. The SMILES string of the molecule is Cn1cc([C@@H](C(=O)O)N2CCCCC2)c2cc(C(=O)O)ccc21. The third-order valence-electron chi connectivity index (χ3n) is 4.55. The van der Waals surface area contributed by atoms with E-state index >= 15 is 0 Å². The van der Waals surface area contributed by atoms with Crippen molar-refractivity contribution in [2.24, 2.45) is 7.05 Å². The number of rotatable bonds is 4. The predicted molar refractivity (Wildman–Crippen MR) is 85.7 cm³/mol.